The van der Waals surface area contributed by atoms with Crippen LogP contribution in [0.15, 0.2) is 16.9 Å². The first-order valence-corrected chi connectivity index (χ1v) is 4.89. The van der Waals surface area contributed by atoms with Gasteiger partial charge in [0.25, 0.3) is 0 Å². The second-order valence-electron chi connectivity index (χ2n) is 3.86. The maximum Gasteiger partial charge on any atom is 0.323 e. The Kier molecular flexibility index (Phi) is 5.66. The Balaban J connectivity index is 4.16. The molecule has 0 radical (unpaired) electrons. The zero-order valence-electron chi connectivity index (χ0n) is 9.53. The number of carbonyl (C=O) groups is 1. The molecule has 0 fully saturated rings. The summed E-state index contributed by atoms with van der Waals surface area (Å²) >= 11 is 0. The standard InChI is InChI=1S/C10H18FN3O2/c1-7(12)14-5-3-4-8(11)6-10(2,13)9(15)16/h4H,3,5-6,13H2,1-2H3,(H2,12,14)(H,15,16)/t10-/m0/s1. The zero-order valence-corrected chi connectivity index (χ0v) is 9.53. The summed E-state index contributed by atoms with van der Waals surface area (Å²) < 4.78 is 13.2. The Morgan fingerprint density at radius 2 is 2.19 bits per heavy atom. The molecule has 0 saturated carbocycles. The van der Waals surface area contributed by atoms with E-state index in [0.717, 1.165) is 0 Å². The Morgan fingerprint density at radius 1 is 1.62 bits per heavy atom. The molecule has 5 nitrogen and oxygen atoms in total. The van der Waals surface area contributed by atoms with E-state index in [0.29, 0.717) is 18.8 Å². The second-order valence-corrected chi connectivity index (χ2v) is 3.86. The van der Waals surface area contributed by atoms with Gasteiger partial charge >= 0.3 is 5.97 Å². The molecule has 0 aliphatic heterocycles. The van der Waals surface area contributed by atoms with Gasteiger partial charge in [-0.1, -0.05) is 6.08 Å². The minimum absolute atomic E-state index is 0.326. The summed E-state index contributed by atoms with van der Waals surface area (Å²) in [4.78, 5) is 14.5. The van der Waals surface area contributed by atoms with Gasteiger partial charge in [-0.25, -0.2) is 4.39 Å². The Labute approximate surface area is 94.0 Å². The molecular weight excluding hydrogens is 213 g/mol. The maximum absolute atomic E-state index is 13.2. The second kappa shape index (κ2) is 6.22. The Bertz CT molecular complexity index is 307. The minimum Gasteiger partial charge on any atom is -0.480 e. The van der Waals surface area contributed by atoms with E-state index in [9.17, 15) is 9.18 Å². The normalized spacial score (nSPS) is 17.0. The van der Waals surface area contributed by atoms with Crippen LogP contribution in [0.1, 0.15) is 26.7 Å². The van der Waals surface area contributed by atoms with Crippen LogP contribution in [-0.4, -0.2) is 29.0 Å². The lowest BCUT2D eigenvalue weighted by molar-refractivity contribution is -0.142. The Hall–Kier alpha value is -1.43. The Morgan fingerprint density at radius 3 is 2.62 bits per heavy atom. The highest BCUT2D eigenvalue weighted by Crippen LogP contribution is 2.15. The highest BCUT2D eigenvalue weighted by Gasteiger charge is 2.29. The van der Waals surface area contributed by atoms with Crippen LogP contribution >= 0.6 is 0 Å². The molecule has 5 N–H and O–H groups in total. The molecule has 0 aromatic rings. The molecule has 0 unspecified atom stereocenters. The number of amidine groups is 1. The highest BCUT2D eigenvalue weighted by molar-refractivity contribution is 5.78. The molecule has 16 heavy (non-hydrogen) atoms. The summed E-state index contributed by atoms with van der Waals surface area (Å²) in [6.07, 6.45) is 1.32. The molecule has 0 aromatic carbocycles. The van der Waals surface area contributed by atoms with Gasteiger partial charge in [-0.15, -0.1) is 0 Å². The third-order valence-electron chi connectivity index (χ3n) is 1.88. The minimum atomic E-state index is -1.58. The molecule has 0 aromatic heterocycles. The summed E-state index contributed by atoms with van der Waals surface area (Å²) in [5.41, 5.74) is 9.10. The van der Waals surface area contributed by atoms with Gasteiger partial charge in [-0.3, -0.25) is 9.79 Å². The van der Waals surface area contributed by atoms with Crippen molar-refractivity contribution >= 4 is 11.8 Å². The van der Waals surface area contributed by atoms with Gasteiger partial charge in [0, 0.05) is 13.0 Å². The predicted molar refractivity (Wildman–Crippen MR) is 60.8 cm³/mol. The van der Waals surface area contributed by atoms with Crippen LogP contribution in [0.25, 0.3) is 0 Å². The number of carboxylic acid groups (broad SMARTS) is 1. The van der Waals surface area contributed by atoms with E-state index in [2.05, 4.69) is 4.99 Å². The van der Waals surface area contributed by atoms with Gasteiger partial charge in [-0.2, -0.15) is 0 Å². The topological polar surface area (TPSA) is 102 Å². The first-order chi connectivity index (χ1) is 7.25. The van der Waals surface area contributed by atoms with Crippen LogP contribution in [0.4, 0.5) is 4.39 Å². The van der Waals surface area contributed by atoms with Crippen LogP contribution in [0.5, 0.6) is 0 Å². The van der Waals surface area contributed by atoms with Crippen molar-refractivity contribution in [3.8, 4) is 0 Å². The molecule has 92 valence electrons. The summed E-state index contributed by atoms with van der Waals surface area (Å²) in [7, 11) is 0. The van der Waals surface area contributed by atoms with E-state index in [4.69, 9.17) is 16.6 Å². The number of aliphatic imine (C=N–C) groups is 1. The van der Waals surface area contributed by atoms with E-state index in [1.807, 2.05) is 0 Å². The molecule has 0 amide bonds. The molecule has 0 heterocycles. The number of hydrogen-bond donors (Lipinski definition) is 3. The lowest BCUT2D eigenvalue weighted by Gasteiger charge is -2.17. The van der Waals surface area contributed by atoms with Crippen LogP contribution in [0.3, 0.4) is 0 Å². The number of nitrogens with two attached hydrogens (primary N) is 2. The van der Waals surface area contributed by atoms with Crippen molar-refractivity contribution in [1.82, 2.24) is 0 Å². The van der Waals surface area contributed by atoms with Crippen molar-refractivity contribution < 1.29 is 14.3 Å². The quantitative estimate of drug-likeness (QED) is 0.357. The van der Waals surface area contributed by atoms with Crippen molar-refractivity contribution in [2.75, 3.05) is 6.54 Å². The third kappa shape index (κ3) is 6.13. The smallest absolute Gasteiger partial charge is 0.323 e. The fourth-order valence-electron chi connectivity index (χ4n) is 0.961. The molecule has 0 bridgehead atoms. The molecule has 0 spiro atoms. The van der Waals surface area contributed by atoms with Crippen molar-refractivity contribution in [2.24, 2.45) is 16.5 Å². The maximum atomic E-state index is 13.2. The molecule has 6 heteroatoms. The molecular formula is C10H18FN3O2. The zero-order chi connectivity index (χ0) is 12.8. The largest absolute Gasteiger partial charge is 0.480 e. The van der Waals surface area contributed by atoms with E-state index in [1.54, 1.807) is 6.92 Å². The molecule has 0 aliphatic carbocycles. The summed E-state index contributed by atoms with van der Waals surface area (Å²) in [5.74, 6) is -1.34. The number of halogens is 1. The fraction of sp³-hybridized carbons (Fsp3) is 0.600. The van der Waals surface area contributed by atoms with E-state index >= 15 is 0 Å². The van der Waals surface area contributed by atoms with Gasteiger partial charge in [-0.05, 0) is 20.3 Å². The first kappa shape index (κ1) is 14.6. The first-order valence-electron chi connectivity index (χ1n) is 4.89. The fourth-order valence-corrected chi connectivity index (χ4v) is 0.961. The third-order valence-corrected chi connectivity index (χ3v) is 1.88. The predicted octanol–water partition coefficient (Wildman–Crippen LogP) is 0.799. The van der Waals surface area contributed by atoms with Crippen LogP contribution < -0.4 is 11.5 Å². The van der Waals surface area contributed by atoms with Gasteiger partial charge in [0.05, 0.1) is 11.7 Å². The van der Waals surface area contributed by atoms with Crippen molar-refractivity contribution in [3.63, 3.8) is 0 Å². The number of aliphatic carboxylic acids is 1. The average molecular weight is 231 g/mol. The number of hydrogen-bond acceptors (Lipinski definition) is 3. The van der Waals surface area contributed by atoms with Gasteiger partial charge in [0.1, 0.15) is 5.54 Å². The van der Waals surface area contributed by atoms with Gasteiger partial charge in [0.15, 0.2) is 0 Å². The summed E-state index contributed by atoms with van der Waals surface area (Å²) in [5, 5.41) is 8.68. The van der Waals surface area contributed by atoms with Gasteiger partial charge < -0.3 is 16.6 Å². The van der Waals surface area contributed by atoms with Crippen molar-refractivity contribution in [1.29, 1.82) is 0 Å². The SMILES string of the molecule is CC(N)=NCCC=C(F)C[C@](C)(N)C(=O)O. The van der Waals surface area contributed by atoms with Crippen LogP contribution in [-0.2, 0) is 4.79 Å². The lowest BCUT2D eigenvalue weighted by Crippen LogP contribution is -2.44. The van der Waals surface area contributed by atoms with Crippen molar-refractivity contribution in [3.05, 3.63) is 11.9 Å². The number of carboxylic acids is 1. The molecule has 0 aliphatic rings. The number of rotatable bonds is 6. The summed E-state index contributed by atoms with van der Waals surface area (Å²) in [6, 6.07) is 0. The van der Waals surface area contributed by atoms with Crippen molar-refractivity contribution in [2.45, 2.75) is 32.2 Å². The van der Waals surface area contributed by atoms with E-state index in [-0.39, 0.29) is 6.42 Å². The molecule has 1 atom stereocenters. The highest BCUT2D eigenvalue weighted by atomic mass is 19.1. The monoisotopic (exact) mass is 231 g/mol. The van der Waals surface area contributed by atoms with Gasteiger partial charge in [0.2, 0.25) is 0 Å². The van der Waals surface area contributed by atoms with E-state index in [1.165, 1.54) is 13.0 Å². The number of nitrogens with zero attached hydrogens (tertiary/aromatic N) is 1. The lowest BCUT2D eigenvalue weighted by atomic mass is 9.98. The molecule has 0 saturated heterocycles. The van der Waals surface area contributed by atoms with Crippen LogP contribution in [0.2, 0.25) is 0 Å². The average Bonchev–Trinajstić information content (AvgIpc) is 2.11. The van der Waals surface area contributed by atoms with Crippen LogP contribution in [0, 0.1) is 0 Å². The molecule has 0 rings (SSSR count). The van der Waals surface area contributed by atoms with E-state index < -0.39 is 17.3 Å². The summed E-state index contributed by atoms with van der Waals surface area (Å²) in [6.45, 7) is 3.29.